The molecule has 1 atom stereocenters. The molecule has 3 heteroatoms. The highest BCUT2D eigenvalue weighted by molar-refractivity contribution is 5.34. The maximum absolute atomic E-state index is 8.78. The molecule has 2 fully saturated rings. The van der Waals surface area contributed by atoms with Crippen molar-refractivity contribution < 1.29 is 9.47 Å². The van der Waals surface area contributed by atoms with Crippen LogP contribution in [0.4, 0.5) is 0 Å². The number of nitrogens with zero attached hydrogens (tertiary/aromatic N) is 1. The summed E-state index contributed by atoms with van der Waals surface area (Å²) in [4.78, 5) is 0. The van der Waals surface area contributed by atoms with Gasteiger partial charge in [0.05, 0.1) is 23.8 Å². The van der Waals surface area contributed by atoms with Gasteiger partial charge < -0.3 is 9.47 Å². The number of benzene rings is 1. The van der Waals surface area contributed by atoms with E-state index in [9.17, 15) is 0 Å². The topological polar surface area (TPSA) is 42.2 Å². The van der Waals surface area contributed by atoms with Crippen molar-refractivity contribution in [2.45, 2.75) is 50.2 Å². The normalized spacial score (nSPS) is 25.1. The van der Waals surface area contributed by atoms with E-state index in [2.05, 4.69) is 6.07 Å². The van der Waals surface area contributed by atoms with Crippen LogP contribution in [0.2, 0.25) is 0 Å². The van der Waals surface area contributed by atoms with Crippen LogP contribution in [0.3, 0.4) is 0 Å². The molecule has 1 aromatic rings. The van der Waals surface area contributed by atoms with Gasteiger partial charge in [0.25, 0.3) is 0 Å². The Kier molecular flexibility index (Phi) is 3.44. The molecule has 0 N–H and O–H groups in total. The van der Waals surface area contributed by atoms with E-state index in [0.29, 0.717) is 5.56 Å². The fourth-order valence-corrected chi connectivity index (χ4v) is 3.25. The number of hydrogen-bond donors (Lipinski definition) is 0. The van der Waals surface area contributed by atoms with E-state index in [4.69, 9.17) is 14.7 Å². The number of nitriles is 1. The van der Waals surface area contributed by atoms with Crippen LogP contribution >= 0.6 is 0 Å². The van der Waals surface area contributed by atoms with Gasteiger partial charge in [-0.15, -0.1) is 0 Å². The minimum atomic E-state index is 0.0928. The fraction of sp³-hybridized carbons (Fsp3) is 0.562. The Morgan fingerprint density at radius 3 is 2.63 bits per heavy atom. The SMILES string of the molecule is N#Cc1ccc(OC2CCOC3(CCCC3)C2)cc1. The second kappa shape index (κ2) is 5.22. The smallest absolute Gasteiger partial charge is 0.119 e. The molecule has 3 rings (SSSR count). The van der Waals surface area contributed by atoms with E-state index in [1.807, 2.05) is 12.1 Å². The van der Waals surface area contributed by atoms with Crippen LogP contribution in [0, 0.1) is 11.3 Å². The molecule has 0 amide bonds. The van der Waals surface area contributed by atoms with Gasteiger partial charge in [-0.05, 0) is 37.1 Å². The molecule has 1 heterocycles. The molecule has 0 aromatic heterocycles. The molecule has 1 aliphatic heterocycles. The molecule has 3 nitrogen and oxygen atoms in total. The van der Waals surface area contributed by atoms with Crippen LogP contribution in [-0.2, 0) is 4.74 Å². The lowest BCUT2D eigenvalue weighted by atomic mass is 9.90. The van der Waals surface area contributed by atoms with Crippen molar-refractivity contribution in [3.8, 4) is 11.8 Å². The van der Waals surface area contributed by atoms with Crippen molar-refractivity contribution >= 4 is 0 Å². The molecular formula is C16H19NO2. The van der Waals surface area contributed by atoms with Gasteiger partial charge in [-0.2, -0.15) is 5.26 Å². The van der Waals surface area contributed by atoms with Crippen molar-refractivity contribution in [1.82, 2.24) is 0 Å². The van der Waals surface area contributed by atoms with Crippen LogP contribution in [0.25, 0.3) is 0 Å². The lowest BCUT2D eigenvalue weighted by molar-refractivity contribution is -0.108. The van der Waals surface area contributed by atoms with Crippen LogP contribution in [-0.4, -0.2) is 18.3 Å². The van der Waals surface area contributed by atoms with E-state index in [1.165, 1.54) is 25.7 Å². The molecule has 0 bridgehead atoms. The van der Waals surface area contributed by atoms with Gasteiger partial charge in [-0.3, -0.25) is 0 Å². The summed E-state index contributed by atoms with van der Waals surface area (Å²) in [5.41, 5.74) is 0.766. The van der Waals surface area contributed by atoms with Crippen molar-refractivity contribution in [2.75, 3.05) is 6.61 Å². The third-order valence-corrected chi connectivity index (χ3v) is 4.25. The first-order valence-corrected chi connectivity index (χ1v) is 7.10. The van der Waals surface area contributed by atoms with E-state index in [1.54, 1.807) is 12.1 Å². The average molecular weight is 257 g/mol. The quantitative estimate of drug-likeness (QED) is 0.815. The maximum Gasteiger partial charge on any atom is 0.119 e. The molecule has 19 heavy (non-hydrogen) atoms. The first-order chi connectivity index (χ1) is 9.30. The van der Waals surface area contributed by atoms with E-state index in [0.717, 1.165) is 25.2 Å². The van der Waals surface area contributed by atoms with Crippen LogP contribution in [0.5, 0.6) is 5.75 Å². The zero-order valence-electron chi connectivity index (χ0n) is 11.1. The van der Waals surface area contributed by atoms with Gasteiger partial charge in [-0.25, -0.2) is 0 Å². The zero-order valence-corrected chi connectivity index (χ0v) is 11.1. The molecule has 1 unspecified atom stereocenters. The Balaban J connectivity index is 1.64. The molecule has 1 aliphatic carbocycles. The van der Waals surface area contributed by atoms with Crippen molar-refractivity contribution in [3.63, 3.8) is 0 Å². The Labute approximate surface area is 114 Å². The summed E-state index contributed by atoms with van der Waals surface area (Å²) in [6.07, 6.45) is 7.14. The highest BCUT2D eigenvalue weighted by Gasteiger charge is 2.40. The Morgan fingerprint density at radius 1 is 1.21 bits per heavy atom. The minimum absolute atomic E-state index is 0.0928. The Bertz CT molecular complexity index is 469. The Morgan fingerprint density at radius 2 is 1.95 bits per heavy atom. The van der Waals surface area contributed by atoms with E-state index >= 15 is 0 Å². The van der Waals surface area contributed by atoms with Gasteiger partial charge in [0.2, 0.25) is 0 Å². The first-order valence-electron chi connectivity index (χ1n) is 7.10. The maximum atomic E-state index is 8.78. The van der Waals surface area contributed by atoms with Gasteiger partial charge in [-0.1, -0.05) is 12.8 Å². The monoisotopic (exact) mass is 257 g/mol. The molecular weight excluding hydrogens is 238 g/mol. The lowest BCUT2D eigenvalue weighted by Gasteiger charge is -2.38. The summed E-state index contributed by atoms with van der Waals surface area (Å²) in [6.45, 7) is 0.806. The second-order valence-electron chi connectivity index (χ2n) is 5.61. The molecule has 2 aliphatic rings. The number of ether oxygens (including phenoxy) is 2. The third kappa shape index (κ3) is 2.74. The fourth-order valence-electron chi connectivity index (χ4n) is 3.25. The third-order valence-electron chi connectivity index (χ3n) is 4.25. The largest absolute Gasteiger partial charge is 0.490 e. The summed E-state index contributed by atoms with van der Waals surface area (Å²) in [6, 6.07) is 9.50. The van der Waals surface area contributed by atoms with Gasteiger partial charge >= 0.3 is 0 Å². The summed E-state index contributed by atoms with van der Waals surface area (Å²) < 4.78 is 12.1. The predicted molar refractivity (Wildman–Crippen MR) is 72.0 cm³/mol. The average Bonchev–Trinajstić information content (AvgIpc) is 2.88. The molecule has 1 saturated heterocycles. The molecule has 1 spiro atoms. The highest BCUT2D eigenvalue weighted by atomic mass is 16.5. The zero-order chi connectivity index (χ0) is 13.1. The van der Waals surface area contributed by atoms with Crippen LogP contribution in [0.1, 0.15) is 44.1 Å². The minimum Gasteiger partial charge on any atom is -0.490 e. The van der Waals surface area contributed by atoms with Gasteiger partial charge in [0.15, 0.2) is 0 Å². The summed E-state index contributed by atoms with van der Waals surface area (Å²) in [7, 11) is 0. The molecule has 1 aromatic carbocycles. The number of rotatable bonds is 2. The molecule has 0 radical (unpaired) electrons. The highest BCUT2D eigenvalue weighted by Crippen LogP contribution is 2.40. The number of hydrogen-bond acceptors (Lipinski definition) is 3. The first kappa shape index (κ1) is 12.5. The summed E-state index contributed by atoms with van der Waals surface area (Å²) in [5.74, 6) is 0.860. The summed E-state index contributed by atoms with van der Waals surface area (Å²) in [5, 5.41) is 8.78. The van der Waals surface area contributed by atoms with Crippen molar-refractivity contribution in [3.05, 3.63) is 29.8 Å². The van der Waals surface area contributed by atoms with Crippen molar-refractivity contribution in [2.24, 2.45) is 0 Å². The van der Waals surface area contributed by atoms with Crippen molar-refractivity contribution in [1.29, 1.82) is 5.26 Å². The molecule has 1 saturated carbocycles. The Hall–Kier alpha value is -1.53. The van der Waals surface area contributed by atoms with E-state index < -0.39 is 0 Å². The van der Waals surface area contributed by atoms with E-state index in [-0.39, 0.29) is 11.7 Å². The standard InChI is InChI=1S/C16H19NO2/c17-12-13-3-5-14(6-4-13)19-15-7-10-18-16(11-15)8-1-2-9-16/h3-6,15H,1-2,7-11H2. The van der Waals surface area contributed by atoms with Crippen LogP contribution in [0.15, 0.2) is 24.3 Å². The van der Waals surface area contributed by atoms with Gasteiger partial charge in [0.1, 0.15) is 11.9 Å². The summed E-state index contributed by atoms with van der Waals surface area (Å²) >= 11 is 0. The van der Waals surface area contributed by atoms with Gasteiger partial charge in [0, 0.05) is 12.8 Å². The van der Waals surface area contributed by atoms with Crippen LogP contribution < -0.4 is 4.74 Å². The second-order valence-corrected chi connectivity index (χ2v) is 5.61. The predicted octanol–water partition coefficient (Wildman–Crippen LogP) is 3.43. The molecule has 100 valence electrons. The lowest BCUT2D eigenvalue weighted by Crippen LogP contribution is -2.41.